The van der Waals surface area contributed by atoms with Crippen molar-refractivity contribution >= 4 is 224 Å². The number of unbranched alkanes of at least 4 members (excludes halogenated alkanes) is 11. The molecular formula is C18H39ClK4O2. The molecule has 134 valence electrons. The van der Waals surface area contributed by atoms with Gasteiger partial charge in [-0.15, -0.1) is 12.4 Å². The zero-order chi connectivity index (χ0) is 14.9. The van der Waals surface area contributed by atoms with Gasteiger partial charge in [0.1, 0.15) is 0 Å². The average molecular weight is 479 g/mol. The van der Waals surface area contributed by atoms with Gasteiger partial charge in [0.05, 0.1) is 0 Å². The predicted octanol–water partition coefficient (Wildman–Crippen LogP) is 3.94. The normalized spacial score (nSPS) is 9.00. The number of rotatable bonds is 15. The predicted molar refractivity (Wildman–Crippen MR) is 123 cm³/mol. The fraction of sp³-hybridized carbons (Fsp3) is 0.833. The van der Waals surface area contributed by atoms with Crippen LogP contribution in [0.3, 0.4) is 0 Å². The van der Waals surface area contributed by atoms with E-state index in [9.17, 15) is 4.79 Å². The first-order valence-electron chi connectivity index (χ1n) is 8.64. The second kappa shape index (κ2) is 40.4. The maximum absolute atomic E-state index is 10.3. The number of halogens is 1. The molecule has 0 aromatic rings. The van der Waals surface area contributed by atoms with Gasteiger partial charge in [0.2, 0.25) is 0 Å². The molecule has 0 fully saturated rings. The number of allylic oxidation sites excluding steroid dienone is 2. The molecule has 0 amide bonds. The van der Waals surface area contributed by atoms with Gasteiger partial charge in [-0.3, -0.25) is 4.79 Å². The van der Waals surface area contributed by atoms with E-state index >= 15 is 0 Å². The molecule has 0 radical (unpaired) electrons. The second-order valence-corrected chi connectivity index (χ2v) is 5.73. The van der Waals surface area contributed by atoms with E-state index < -0.39 is 5.97 Å². The van der Waals surface area contributed by atoms with Crippen LogP contribution in [0.4, 0.5) is 0 Å². The third-order valence-corrected chi connectivity index (χ3v) is 3.65. The average Bonchev–Trinajstić information content (AvgIpc) is 2.43. The van der Waals surface area contributed by atoms with Crippen molar-refractivity contribution < 1.29 is 9.90 Å². The Balaban J connectivity index is -0.000000180. The monoisotopic (exact) mass is 478 g/mol. The number of aliphatic carboxylic acids is 1. The molecule has 0 aliphatic heterocycles. The summed E-state index contributed by atoms with van der Waals surface area (Å²) in [6, 6.07) is 0. The Kier molecular flexibility index (Phi) is 72.2. The van der Waals surface area contributed by atoms with Gasteiger partial charge in [-0.05, 0) is 32.1 Å². The van der Waals surface area contributed by atoms with E-state index in [1.165, 1.54) is 70.6 Å². The van der Waals surface area contributed by atoms with Gasteiger partial charge >= 0.3 is 212 Å². The molecule has 7 heteroatoms. The van der Waals surface area contributed by atoms with Crippen LogP contribution < -0.4 is 0 Å². The van der Waals surface area contributed by atoms with Crippen LogP contribution in [0.15, 0.2) is 12.2 Å². The van der Waals surface area contributed by atoms with Gasteiger partial charge in [-0.25, -0.2) is 0 Å². The van der Waals surface area contributed by atoms with Gasteiger partial charge in [0.25, 0.3) is 0 Å². The minimum atomic E-state index is -0.664. The van der Waals surface area contributed by atoms with Gasteiger partial charge < -0.3 is 5.11 Å². The van der Waals surface area contributed by atoms with E-state index in [0.717, 1.165) is 12.8 Å². The number of carboxylic acids is 1. The van der Waals surface area contributed by atoms with Crippen LogP contribution in [0.25, 0.3) is 0 Å². The van der Waals surface area contributed by atoms with E-state index in [1.54, 1.807) is 0 Å². The van der Waals surface area contributed by atoms with Gasteiger partial charge in [0.15, 0.2) is 0 Å². The Morgan fingerprint density at radius 1 is 0.680 bits per heavy atom. The summed E-state index contributed by atoms with van der Waals surface area (Å²) in [6.07, 6.45) is 21.2. The van der Waals surface area contributed by atoms with Crippen LogP contribution in [-0.2, 0) is 4.79 Å². The van der Waals surface area contributed by atoms with E-state index in [-0.39, 0.29) is 218 Å². The van der Waals surface area contributed by atoms with Gasteiger partial charge in [0, 0.05) is 6.42 Å². The molecule has 25 heavy (non-hydrogen) atoms. The third-order valence-electron chi connectivity index (χ3n) is 3.65. The minimum absolute atomic E-state index is 0. The van der Waals surface area contributed by atoms with Crippen molar-refractivity contribution in [1.29, 1.82) is 0 Å². The zero-order valence-corrected chi connectivity index (χ0v) is 14.6. The van der Waals surface area contributed by atoms with E-state index in [2.05, 4.69) is 19.1 Å². The van der Waals surface area contributed by atoms with Crippen LogP contribution >= 0.6 is 12.4 Å². The zero-order valence-electron chi connectivity index (χ0n) is 13.8. The molecule has 0 aromatic heterocycles. The van der Waals surface area contributed by atoms with Crippen molar-refractivity contribution in [2.75, 3.05) is 0 Å². The molecule has 0 bridgehead atoms. The molecular weight excluding hydrogens is 440 g/mol. The first kappa shape index (κ1) is 44.7. The third kappa shape index (κ3) is 44.5. The molecule has 0 saturated heterocycles. The summed E-state index contributed by atoms with van der Waals surface area (Å²) in [5.41, 5.74) is 0. The SMILES string of the molecule is CCCCCCCC/C=C\CCCCCCCC(=O)O.Cl.[KH].[KH].[KH].[KH]. The van der Waals surface area contributed by atoms with Crippen LogP contribution in [-0.4, -0.2) is 217 Å². The summed E-state index contributed by atoms with van der Waals surface area (Å²) in [5, 5.41) is 8.51. The molecule has 0 aliphatic carbocycles. The molecule has 1 N–H and O–H groups in total. The molecule has 0 spiro atoms. The summed E-state index contributed by atoms with van der Waals surface area (Å²) in [7, 11) is 0. The summed E-state index contributed by atoms with van der Waals surface area (Å²) >= 11 is 0. The Hall–Kier alpha value is 6.05. The Morgan fingerprint density at radius 2 is 1.04 bits per heavy atom. The van der Waals surface area contributed by atoms with Crippen LogP contribution in [0, 0.1) is 0 Å². The fourth-order valence-electron chi connectivity index (χ4n) is 2.35. The molecule has 2 nitrogen and oxygen atoms in total. The summed E-state index contributed by atoms with van der Waals surface area (Å²) in [5.74, 6) is -0.664. The number of hydrogen-bond acceptors (Lipinski definition) is 1. The first-order chi connectivity index (χ1) is 9.77. The first-order valence-corrected chi connectivity index (χ1v) is 8.64. The molecule has 0 atom stereocenters. The topological polar surface area (TPSA) is 37.3 Å². The van der Waals surface area contributed by atoms with Gasteiger partial charge in [-0.2, -0.15) is 0 Å². The van der Waals surface area contributed by atoms with E-state index in [1.807, 2.05) is 0 Å². The quantitative estimate of drug-likeness (QED) is 0.220. The van der Waals surface area contributed by atoms with Crippen molar-refractivity contribution in [3.63, 3.8) is 0 Å². The molecule has 0 heterocycles. The fourth-order valence-corrected chi connectivity index (χ4v) is 2.35. The van der Waals surface area contributed by atoms with E-state index in [0.29, 0.717) is 6.42 Å². The van der Waals surface area contributed by atoms with Crippen LogP contribution in [0.5, 0.6) is 0 Å². The van der Waals surface area contributed by atoms with Crippen molar-refractivity contribution in [3.05, 3.63) is 12.2 Å². The van der Waals surface area contributed by atoms with E-state index in [4.69, 9.17) is 5.11 Å². The standard InChI is InChI=1S/C18H34O2.ClH.4K.4H/c1-2-3-4-5-6-7-8-9-10-11-12-13-14-15-16-17-18(19)20;;;;;;;;;/h9-10H,2-8,11-17H2,1H3,(H,19,20);1H;;;;;;;;/b10-9-;;;;;;;;;. The van der Waals surface area contributed by atoms with Crippen LogP contribution in [0.2, 0.25) is 0 Å². The molecule has 0 aromatic carbocycles. The maximum atomic E-state index is 10.3. The number of carbonyl (C=O) groups is 1. The molecule has 0 rings (SSSR count). The Bertz CT molecular complexity index is 255. The number of carboxylic acid groups (broad SMARTS) is 1. The van der Waals surface area contributed by atoms with Crippen molar-refractivity contribution in [1.82, 2.24) is 0 Å². The van der Waals surface area contributed by atoms with Crippen molar-refractivity contribution in [2.24, 2.45) is 0 Å². The van der Waals surface area contributed by atoms with Crippen molar-refractivity contribution in [3.8, 4) is 0 Å². The Labute approximate surface area is 333 Å². The van der Waals surface area contributed by atoms with Gasteiger partial charge in [-0.1, -0.05) is 70.4 Å². The Morgan fingerprint density at radius 3 is 1.44 bits per heavy atom. The summed E-state index contributed by atoms with van der Waals surface area (Å²) in [4.78, 5) is 10.3. The van der Waals surface area contributed by atoms with Crippen LogP contribution in [0.1, 0.15) is 96.8 Å². The number of hydrogen-bond donors (Lipinski definition) is 1. The summed E-state index contributed by atoms with van der Waals surface area (Å²) < 4.78 is 0. The molecule has 0 unspecified atom stereocenters. The second-order valence-electron chi connectivity index (χ2n) is 5.73. The van der Waals surface area contributed by atoms with Crippen molar-refractivity contribution in [2.45, 2.75) is 96.8 Å². The molecule has 0 saturated carbocycles. The molecule has 0 aliphatic rings. The summed E-state index contributed by atoms with van der Waals surface area (Å²) in [6.45, 7) is 2.26.